The van der Waals surface area contributed by atoms with Crippen molar-refractivity contribution in [2.45, 2.75) is 38.5 Å². The van der Waals surface area contributed by atoms with Crippen LogP contribution in [0.1, 0.15) is 32.9 Å². The van der Waals surface area contributed by atoms with Gasteiger partial charge in [0.25, 0.3) is 0 Å². The number of carbonyl (C=O) groups excluding carboxylic acids is 1. The second kappa shape index (κ2) is 5.18. The number of carbonyl (C=O) groups is 1. The van der Waals surface area contributed by atoms with E-state index in [1.165, 1.54) is 12.0 Å². The summed E-state index contributed by atoms with van der Waals surface area (Å²) < 4.78 is 10.9. The summed E-state index contributed by atoms with van der Waals surface area (Å²) in [6.45, 7) is 6.01. The van der Waals surface area contributed by atoms with Gasteiger partial charge in [-0.1, -0.05) is 11.6 Å². The molecule has 2 heterocycles. The highest BCUT2D eigenvalue weighted by molar-refractivity contribution is 6.29. The fourth-order valence-electron chi connectivity index (χ4n) is 2.09. The molecule has 1 aromatic rings. The summed E-state index contributed by atoms with van der Waals surface area (Å²) in [6.07, 6.45) is 0.210. The second-order valence-electron chi connectivity index (χ2n) is 5.61. The van der Waals surface area contributed by atoms with Crippen LogP contribution in [-0.4, -0.2) is 40.4 Å². The summed E-state index contributed by atoms with van der Waals surface area (Å²) in [5, 5.41) is 8.11. The molecule has 0 aliphatic carbocycles. The van der Waals surface area contributed by atoms with Crippen molar-refractivity contribution in [1.82, 2.24) is 15.1 Å². The minimum Gasteiger partial charge on any atom is -0.444 e. The summed E-state index contributed by atoms with van der Waals surface area (Å²) >= 11 is 5.73. The fraction of sp³-hybridized carbons (Fsp3) is 0.615. The van der Waals surface area contributed by atoms with Gasteiger partial charge >= 0.3 is 6.09 Å². The van der Waals surface area contributed by atoms with Crippen LogP contribution in [0.15, 0.2) is 12.1 Å². The normalized spacial score (nSPS) is 22.4. The molecule has 110 valence electrons. The third kappa shape index (κ3) is 2.71. The average molecular weight is 300 g/mol. The molecule has 0 unspecified atom stereocenters. The molecule has 1 amide bonds. The van der Waals surface area contributed by atoms with E-state index in [9.17, 15) is 4.79 Å². The van der Waals surface area contributed by atoms with Crippen LogP contribution >= 0.6 is 11.6 Å². The van der Waals surface area contributed by atoms with Crippen molar-refractivity contribution in [2.75, 3.05) is 13.7 Å². The van der Waals surface area contributed by atoms with Gasteiger partial charge in [-0.2, -0.15) is 0 Å². The minimum atomic E-state index is -0.917. The Bertz CT molecular complexity index is 497. The van der Waals surface area contributed by atoms with Gasteiger partial charge in [-0.25, -0.2) is 4.79 Å². The van der Waals surface area contributed by atoms with E-state index in [2.05, 4.69) is 10.2 Å². The van der Waals surface area contributed by atoms with Crippen molar-refractivity contribution in [1.29, 1.82) is 0 Å². The zero-order valence-electron chi connectivity index (χ0n) is 12.0. The Labute approximate surface area is 123 Å². The number of hydrogen-bond acceptors (Lipinski definition) is 5. The summed E-state index contributed by atoms with van der Waals surface area (Å²) in [5.74, 6) is 0. The molecule has 0 bridgehead atoms. The van der Waals surface area contributed by atoms with Gasteiger partial charge in [0.15, 0.2) is 10.9 Å². The van der Waals surface area contributed by atoms with Crippen molar-refractivity contribution >= 4 is 17.7 Å². The summed E-state index contributed by atoms with van der Waals surface area (Å²) in [5.41, 5.74) is -0.931. The van der Waals surface area contributed by atoms with Crippen LogP contribution in [0.3, 0.4) is 0 Å². The Balaban J connectivity index is 2.23. The molecule has 20 heavy (non-hydrogen) atoms. The monoisotopic (exact) mass is 299 g/mol. The first-order valence-corrected chi connectivity index (χ1v) is 6.72. The van der Waals surface area contributed by atoms with Crippen LogP contribution in [0.4, 0.5) is 4.79 Å². The summed E-state index contributed by atoms with van der Waals surface area (Å²) in [6, 6.07) is 3.33. The molecular formula is C13H18ClN3O3. The number of hydrogen-bond donors (Lipinski definition) is 0. The van der Waals surface area contributed by atoms with Crippen LogP contribution in [-0.2, 0) is 15.2 Å². The van der Waals surface area contributed by atoms with Crippen molar-refractivity contribution in [3.63, 3.8) is 0 Å². The molecule has 0 aromatic carbocycles. The van der Waals surface area contributed by atoms with Crippen LogP contribution in [0.25, 0.3) is 0 Å². The third-order valence-electron chi connectivity index (χ3n) is 3.09. The lowest BCUT2D eigenvalue weighted by Crippen LogP contribution is -2.62. The topological polar surface area (TPSA) is 64.6 Å². The predicted octanol–water partition coefficient (Wildman–Crippen LogP) is 2.57. The van der Waals surface area contributed by atoms with E-state index in [4.69, 9.17) is 21.1 Å². The maximum atomic E-state index is 12.2. The molecule has 7 heteroatoms. The minimum absolute atomic E-state index is 0.295. The van der Waals surface area contributed by atoms with E-state index in [-0.39, 0.29) is 0 Å². The highest BCUT2D eigenvalue weighted by Crippen LogP contribution is 2.41. The Morgan fingerprint density at radius 3 is 2.50 bits per heavy atom. The van der Waals surface area contributed by atoms with E-state index in [0.29, 0.717) is 23.8 Å². The Kier molecular flexibility index (Phi) is 3.88. The molecule has 1 aliphatic heterocycles. The molecule has 1 aliphatic rings. The average Bonchev–Trinajstić information content (AvgIpc) is 2.29. The van der Waals surface area contributed by atoms with Crippen LogP contribution < -0.4 is 0 Å². The highest BCUT2D eigenvalue weighted by atomic mass is 35.5. The quantitative estimate of drug-likeness (QED) is 0.840. The van der Waals surface area contributed by atoms with Gasteiger partial charge in [0.2, 0.25) is 0 Å². The first-order chi connectivity index (χ1) is 9.28. The number of halogens is 1. The number of ether oxygens (including phenoxy) is 2. The zero-order valence-corrected chi connectivity index (χ0v) is 12.8. The van der Waals surface area contributed by atoms with E-state index >= 15 is 0 Å². The number of aromatic nitrogens is 2. The molecule has 0 spiro atoms. The molecule has 2 rings (SSSR count). The highest BCUT2D eigenvalue weighted by Gasteiger charge is 2.52. The molecule has 0 N–H and O–H groups in total. The molecule has 1 atom stereocenters. The van der Waals surface area contributed by atoms with Gasteiger partial charge in [-0.15, -0.1) is 10.2 Å². The van der Waals surface area contributed by atoms with Crippen LogP contribution in [0, 0.1) is 0 Å². The summed E-state index contributed by atoms with van der Waals surface area (Å²) in [7, 11) is 1.53. The van der Waals surface area contributed by atoms with Crippen molar-refractivity contribution in [2.24, 2.45) is 0 Å². The largest absolute Gasteiger partial charge is 0.444 e. The number of likely N-dealkylation sites (tertiary alicyclic amines) is 1. The van der Waals surface area contributed by atoms with Gasteiger partial charge in [0.05, 0.1) is 0 Å². The number of methoxy groups -OCH3 is 1. The van der Waals surface area contributed by atoms with Crippen LogP contribution in [0.2, 0.25) is 5.15 Å². The van der Waals surface area contributed by atoms with Gasteiger partial charge in [-0.05, 0) is 32.9 Å². The molecule has 0 saturated carbocycles. The van der Waals surface area contributed by atoms with Crippen LogP contribution in [0.5, 0.6) is 0 Å². The number of rotatable bonds is 2. The molecule has 0 radical (unpaired) electrons. The van der Waals surface area contributed by atoms with Crippen molar-refractivity contribution in [3.05, 3.63) is 23.0 Å². The Morgan fingerprint density at radius 1 is 1.40 bits per heavy atom. The maximum Gasteiger partial charge on any atom is 0.412 e. The summed E-state index contributed by atoms with van der Waals surface area (Å²) in [4.78, 5) is 13.7. The first kappa shape index (κ1) is 15.0. The van der Waals surface area contributed by atoms with Gasteiger partial charge in [0, 0.05) is 20.1 Å². The third-order valence-corrected chi connectivity index (χ3v) is 3.30. The van der Waals surface area contributed by atoms with Crippen molar-refractivity contribution < 1.29 is 14.3 Å². The standard InChI is InChI=1S/C13H18ClN3O3/c1-12(2,3)20-11(18)17-8-7-13(17,19-4)9-5-6-10(14)16-15-9/h5-6H,7-8H2,1-4H3/t13-/m0/s1. The SMILES string of the molecule is CO[C@]1(c2ccc(Cl)nn2)CCN1C(=O)OC(C)(C)C. The molecule has 1 fully saturated rings. The lowest BCUT2D eigenvalue weighted by molar-refractivity contribution is -0.200. The fourth-order valence-corrected chi connectivity index (χ4v) is 2.19. The number of amides is 1. The van der Waals surface area contributed by atoms with Gasteiger partial charge in [-0.3, -0.25) is 4.90 Å². The predicted molar refractivity (Wildman–Crippen MR) is 73.3 cm³/mol. The van der Waals surface area contributed by atoms with Gasteiger partial charge in [0.1, 0.15) is 11.3 Å². The second-order valence-corrected chi connectivity index (χ2v) is 6.00. The van der Waals surface area contributed by atoms with E-state index in [1.807, 2.05) is 20.8 Å². The Morgan fingerprint density at radius 2 is 2.10 bits per heavy atom. The molecule has 6 nitrogen and oxygen atoms in total. The Hall–Kier alpha value is -1.40. The smallest absolute Gasteiger partial charge is 0.412 e. The molecule has 1 saturated heterocycles. The molecular weight excluding hydrogens is 282 g/mol. The number of nitrogens with zero attached hydrogens (tertiary/aromatic N) is 3. The first-order valence-electron chi connectivity index (χ1n) is 6.34. The van der Waals surface area contributed by atoms with E-state index in [0.717, 1.165) is 0 Å². The van der Waals surface area contributed by atoms with E-state index in [1.54, 1.807) is 12.1 Å². The lowest BCUT2D eigenvalue weighted by atomic mass is 9.94. The van der Waals surface area contributed by atoms with Gasteiger partial charge < -0.3 is 9.47 Å². The molecule has 1 aromatic heterocycles. The zero-order chi connectivity index (χ0) is 15.0. The lowest BCUT2D eigenvalue weighted by Gasteiger charge is -2.50. The maximum absolute atomic E-state index is 12.2. The van der Waals surface area contributed by atoms with Crippen molar-refractivity contribution in [3.8, 4) is 0 Å². The van der Waals surface area contributed by atoms with E-state index < -0.39 is 17.4 Å².